The highest BCUT2D eigenvalue weighted by atomic mass is 15.3. The van der Waals surface area contributed by atoms with E-state index in [-0.39, 0.29) is 6.04 Å². The minimum absolute atomic E-state index is 0.375. The lowest BCUT2D eigenvalue weighted by Gasteiger charge is -2.13. The third-order valence-electron chi connectivity index (χ3n) is 3.04. The topological polar surface area (TPSA) is 53.6 Å². The van der Waals surface area contributed by atoms with Crippen molar-refractivity contribution in [3.8, 4) is 6.07 Å². The molecule has 0 radical (unpaired) electrons. The molecule has 0 aliphatic heterocycles. The molecule has 1 aromatic heterocycles. The number of hydrogen-bond acceptors (Lipinski definition) is 3. The molecule has 0 spiro atoms. The molecule has 4 nitrogen and oxygen atoms in total. The molecule has 18 heavy (non-hydrogen) atoms. The minimum atomic E-state index is -0.375. The fourth-order valence-corrected chi connectivity index (χ4v) is 1.88. The molecule has 4 heteroatoms. The maximum absolute atomic E-state index is 9.29. The van der Waals surface area contributed by atoms with Crippen molar-refractivity contribution in [2.24, 2.45) is 7.05 Å². The molecule has 0 amide bonds. The van der Waals surface area contributed by atoms with Crippen LogP contribution < -0.4 is 5.32 Å². The van der Waals surface area contributed by atoms with E-state index >= 15 is 0 Å². The predicted molar refractivity (Wildman–Crippen MR) is 71.1 cm³/mol. The summed E-state index contributed by atoms with van der Waals surface area (Å²) in [7, 11) is 1.87. The Morgan fingerprint density at radius 3 is 2.72 bits per heavy atom. The van der Waals surface area contributed by atoms with E-state index in [4.69, 9.17) is 0 Å². The van der Waals surface area contributed by atoms with Crippen molar-refractivity contribution in [1.82, 2.24) is 9.78 Å². The van der Waals surface area contributed by atoms with E-state index in [1.54, 1.807) is 10.9 Å². The van der Waals surface area contributed by atoms with E-state index < -0.39 is 0 Å². The number of nitrogens with zero attached hydrogens (tertiary/aromatic N) is 3. The summed E-state index contributed by atoms with van der Waals surface area (Å²) in [5.41, 5.74) is 4.03. The summed E-state index contributed by atoms with van der Waals surface area (Å²) in [5.74, 6) is 0. The van der Waals surface area contributed by atoms with Crippen LogP contribution in [0.4, 0.5) is 5.69 Å². The second kappa shape index (κ2) is 4.92. The molecule has 1 unspecified atom stereocenters. The highest BCUT2D eigenvalue weighted by molar-refractivity contribution is 5.49. The first-order chi connectivity index (χ1) is 8.61. The zero-order chi connectivity index (χ0) is 13.1. The van der Waals surface area contributed by atoms with E-state index in [0.717, 1.165) is 16.9 Å². The molecular weight excluding hydrogens is 224 g/mol. The number of aromatic nitrogens is 2. The monoisotopic (exact) mass is 240 g/mol. The summed E-state index contributed by atoms with van der Waals surface area (Å²) < 4.78 is 1.78. The van der Waals surface area contributed by atoms with Crippen molar-refractivity contribution in [2.75, 3.05) is 5.32 Å². The van der Waals surface area contributed by atoms with Gasteiger partial charge in [-0.2, -0.15) is 10.4 Å². The maximum Gasteiger partial charge on any atom is 0.143 e. The number of aryl methyl sites for hydroxylation is 2. The molecule has 1 aromatic carbocycles. The number of benzene rings is 1. The second-order valence-electron chi connectivity index (χ2n) is 4.38. The normalized spacial score (nSPS) is 11.9. The summed E-state index contributed by atoms with van der Waals surface area (Å²) >= 11 is 0. The number of rotatable bonds is 3. The molecule has 1 atom stereocenters. The first kappa shape index (κ1) is 12.2. The van der Waals surface area contributed by atoms with Crippen LogP contribution in [-0.2, 0) is 7.05 Å². The van der Waals surface area contributed by atoms with Crippen molar-refractivity contribution in [2.45, 2.75) is 19.9 Å². The van der Waals surface area contributed by atoms with E-state index in [1.165, 1.54) is 5.56 Å². The molecule has 0 saturated carbocycles. The minimum Gasteiger partial charge on any atom is -0.366 e. The Labute approximate surface area is 107 Å². The Kier molecular flexibility index (Phi) is 3.33. The van der Waals surface area contributed by atoms with Crippen molar-refractivity contribution in [1.29, 1.82) is 5.26 Å². The zero-order valence-electron chi connectivity index (χ0n) is 10.8. The first-order valence-electron chi connectivity index (χ1n) is 5.83. The van der Waals surface area contributed by atoms with Crippen molar-refractivity contribution in [3.63, 3.8) is 0 Å². The SMILES string of the molecule is Cc1cccc(NC(C#N)c2cnn(C)c2C)c1. The van der Waals surface area contributed by atoms with Crippen LogP contribution in [0.3, 0.4) is 0 Å². The van der Waals surface area contributed by atoms with E-state index in [2.05, 4.69) is 16.5 Å². The van der Waals surface area contributed by atoms with E-state index in [0.29, 0.717) is 0 Å². The third-order valence-corrected chi connectivity index (χ3v) is 3.04. The van der Waals surface area contributed by atoms with Crippen LogP contribution in [0.15, 0.2) is 30.5 Å². The van der Waals surface area contributed by atoms with Gasteiger partial charge in [-0.15, -0.1) is 0 Å². The lowest BCUT2D eigenvalue weighted by Crippen LogP contribution is -2.09. The molecule has 2 rings (SSSR count). The Bertz CT molecular complexity index is 592. The van der Waals surface area contributed by atoms with Gasteiger partial charge in [0.2, 0.25) is 0 Å². The smallest absolute Gasteiger partial charge is 0.143 e. The van der Waals surface area contributed by atoms with Crippen molar-refractivity contribution >= 4 is 5.69 Å². The van der Waals surface area contributed by atoms with Gasteiger partial charge in [0.15, 0.2) is 0 Å². The molecule has 1 heterocycles. The summed E-state index contributed by atoms with van der Waals surface area (Å²) in [4.78, 5) is 0. The highest BCUT2D eigenvalue weighted by Crippen LogP contribution is 2.21. The molecule has 0 aliphatic rings. The van der Waals surface area contributed by atoms with Gasteiger partial charge >= 0.3 is 0 Å². The van der Waals surface area contributed by atoms with Gasteiger partial charge < -0.3 is 5.32 Å². The average molecular weight is 240 g/mol. The fourth-order valence-electron chi connectivity index (χ4n) is 1.88. The van der Waals surface area contributed by atoms with Crippen LogP contribution in [0.1, 0.15) is 22.9 Å². The standard InChI is InChI=1S/C14H16N4/c1-10-5-4-6-12(7-10)17-14(8-15)13-9-16-18(3)11(13)2/h4-7,9,14,17H,1-3H3. The molecule has 0 bridgehead atoms. The molecule has 1 N–H and O–H groups in total. The summed E-state index contributed by atoms with van der Waals surface area (Å²) in [6.07, 6.45) is 1.74. The Hall–Kier alpha value is -2.28. The molecule has 0 saturated heterocycles. The average Bonchev–Trinajstić information content (AvgIpc) is 2.67. The maximum atomic E-state index is 9.29. The lowest BCUT2D eigenvalue weighted by atomic mass is 10.1. The number of hydrogen-bond donors (Lipinski definition) is 1. The van der Waals surface area contributed by atoms with Crippen LogP contribution in [0.5, 0.6) is 0 Å². The van der Waals surface area contributed by atoms with Gasteiger partial charge in [0.1, 0.15) is 6.04 Å². The molecular formula is C14H16N4. The van der Waals surface area contributed by atoms with Gasteiger partial charge in [-0.05, 0) is 31.5 Å². The first-order valence-corrected chi connectivity index (χ1v) is 5.83. The quantitative estimate of drug-likeness (QED) is 0.897. The van der Waals surface area contributed by atoms with Crippen LogP contribution in [0.25, 0.3) is 0 Å². The summed E-state index contributed by atoms with van der Waals surface area (Å²) in [5, 5.41) is 16.7. The van der Waals surface area contributed by atoms with Gasteiger partial charge in [-0.1, -0.05) is 12.1 Å². The van der Waals surface area contributed by atoms with Gasteiger partial charge in [-0.25, -0.2) is 0 Å². The summed E-state index contributed by atoms with van der Waals surface area (Å²) in [6, 6.07) is 9.89. The fraction of sp³-hybridized carbons (Fsp3) is 0.286. The molecule has 0 aliphatic carbocycles. The molecule has 0 fully saturated rings. The number of nitriles is 1. The molecule has 92 valence electrons. The van der Waals surface area contributed by atoms with Crippen LogP contribution in [-0.4, -0.2) is 9.78 Å². The Morgan fingerprint density at radius 1 is 1.39 bits per heavy atom. The Morgan fingerprint density at radius 2 is 2.17 bits per heavy atom. The van der Waals surface area contributed by atoms with Gasteiger partial charge in [-0.3, -0.25) is 4.68 Å². The highest BCUT2D eigenvalue weighted by Gasteiger charge is 2.15. The van der Waals surface area contributed by atoms with Crippen LogP contribution >= 0.6 is 0 Å². The van der Waals surface area contributed by atoms with Crippen LogP contribution in [0, 0.1) is 25.2 Å². The number of anilines is 1. The summed E-state index contributed by atoms with van der Waals surface area (Å²) in [6.45, 7) is 3.99. The number of nitrogens with one attached hydrogen (secondary N) is 1. The van der Waals surface area contributed by atoms with Crippen LogP contribution in [0.2, 0.25) is 0 Å². The van der Waals surface area contributed by atoms with Gasteiger partial charge in [0.05, 0.1) is 12.3 Å². The van der Waals surface area contributed by atoms with Gasteiger partial charge in [0, 0.05) is 24.0 Å². The predicted octanol–water partition coefficient (Wildman–Crippen LogP) is 2.71. The van der Waals surface area contributed by atoms with Crippen molar-refractivity contribution in [3.05, 3.63) is 47.3 Å². The lowest BCUT2D eigenvalue weighted by molar-refractivity contribution is 0.737. The van der Waals surface area contributed by atoms with Crippen molar-refractivity contribution < 1.29 is 0 Å². The zero-order valence-corrected chi connectivity index (χ0v) is 10.8. The van der Waals surface area contributed by atoms with E-state index in [1.807, 2.05) is 45.2 Å². The van der Waals surface area contributed by atoms with E-state index in [9.17, 15) is 5.26 Å². The third kappa shape index (κ3) is 2.35. The second-order valence-corrected chi connectivity index (χ2v) is 4.38. The molecule has 2 aromatic rings. The van der Waals surface area contributed by atoms with Gasteiger partial charge in [0.25, 0.3) is 0 Å². The Balaban J connectivity index is 2.26. The largest absolute Gasteiger partial charge is 0.366 e.